The average molecular weight is 779 g/mol. The monoisotopic (exact) mass is 778 g/mol. The van der Waals surface area contributed by atoms with Gasteiger partial charge in [0.1, 0.15) is 0 Å². The quantitative estimate of drug-likeness (QED) is 0.104. The Balaban J connectivity index is 0.000000218. The fourth-order valence-corrected chi connectivity index (χ4v) is 6.76. The molecule has 0 fully saturated rings. The van der Waals surface area contributed by atoms with E-state index >= 15 is 0 Å². The first-order valence-electron chi connectivity index (χ1n) is 18.9. The van der Waals surface area contributed by atoms with Crippen LogP contribution in [0.2, 0.25) is 0 Å². The molecule has 10 nitrogen and oxygen atoms in total. The molecule has 6 aromatic rings. The highest BCUT2D eigenvalue weighted by Crippen LogP contribution is 2.34. The zero-order valence-electron chi connectivity index (χ0n) is 33.2. The number of aryl methyl sites for hydroxylation is 2. The number of aromatic hydroxyl groups is 2. The van der Waals surface area contributed by atoms with Crippen molar-refractivity contribution in [2.75, 3.05) is 6.54 Å². The average Bonchev–Trinajstić information content (AvgIpc) is 3.56. The molecule has 57 heavy (non-hydrogen) atoms. The number of hydrogen-bond acceptors (Lipinski definition) is 6. The third kappa shape index (κ3) is 9.23. The molecule has 0 unspecified atom stereocenters. The zero-order chi connectivity index (χ0) is 41.7. The lowest BCUT2D eigenvalue weighted by atomic mass is 10.1. The first-order chi connectivity index (χ1) is 27.0. The van der Waals surface area contributed by atoms with Crippen LogP contribution in [0.15, 0.2) is 72.8 Å². The number of carbonyl (C=O) groups excluding carboxylic acids is 4. The molecule has 2 aromatic heterocycles. The van der Waals surface area contributed by atoms with Gasteiger partial charge in [0.2, 0.25) is 11.8 Å². The minimum Gasteiger partial charge on any atom is -0.505 e. The third-order valence-electron chi connectivity index (χ3n) is 9.79. The number of halogens is 2. The van der Waals surface area contributed by atoms with Gasteiger partial charge in [-0.05, 0) is 95.5 Å². The summed E-state index contributed by atoms with van der Waals surface area (Å²) in [5.41, 5.74) is 5.91. The van der Waals surface area contributed by atoms with Crippen molar-refractivity contribution in [1.29, 1.82) is 0 Å². The van der Waals surface area contributed by atoms with Crippen LogP contribution in [0.25, 0.3) is 21.8 Å². The second-order valence-electron chi connectivity index (χ2n) is 14.6. The zero-order valence-corrected chi connectivity index (χ0v) is 33.2. The van der Waals surface area contributed by atoms with Gasteiger partial charge in [-0.1, -0.05) is 48.7 Å². The number of nitrogens with one attached hydrogen (secondary N) is 2. The van der Waals surface area contributed by atoms with E-state index < -0.39 is 23.1 Å². The number of carbonyl (C=O) groups is 4. The first kappa shape index (κ1) is 41.9. The number of nitrogens with zero attached hydrogens (tertiary/aromatic N) is 2. The summed E-state index contributed by atoms with van der Waals surface area (Å²) in [6.07, 6.45) is 1.92. The predicted octanol–water partition coefficient (Wildman–Crippen LogP) is 8.11. The van der Waals surface area contributed by atoms with Gasteiger partial charge >= 0.3 is 0 Å². The molecule has 2 heterocycles. The molecule has 6 rings (SSSR count). The van der Waals surface area contributed by atoms with E-state index in [2.05, 4.69) is 10.6 Å². The fraction of sp³-hybridized carbons (Fsp3) is 0.289. The van der Waals surface area contributed by atoms with Crippen LogP contribution in [0.5, 0.6) is 11.5 Å². The molecule has 4 aromatic carbocycles. The topological polar surface area (TPSA) is 143 Å². The maximum atomic E-state index is 14.1. The van der Waals surface area contributed by atoms with Crippen LogP contribution >= 0.6 is 0 Å². The molecule has 0 atom stereocenters. The second kappa shape index (κ2) is 17.7. The summed E-state index contributed by atoms with van der Waals surface area (Å²) < 4.78 is 31.0. The van der Waals surface area contributed by atoms with Gasteiger partial charge in [0, 0.05) is 58.0 Å². The van der Waals surface area contributed by atoms with E-state index in [1.54, 1.807) is 38.1 Å². The van der Waals surface area contributed by atoms with Gasteiger partial charge in [-0.2, -0.15) is 0 Å². The van der Waals surface area contributed by atoms with Crippen molar-refractivity contribution >= 4 is 45.4 Å². The number of phenolic OH excluding ortho intramolecular Hbond substituents is 2. The Morgan fingerprint density at radius 1 is 0.649 bits per heavy atom. The third-order valence-corrected chi connectivity index (χ3v) is 9.79. The standard InChI is InChI=1S/C23H25FN2O3.C22H23FN2O3/c1-4-5-10-25-22(28)12-17-15(3)26(20-13-19(24)21(27)11-18(17)20)23(29)16-8-6-14(2)7-9-16;1-12(2)24-21(27)10-16-14(4)25(19-11-18(23)20(26)9-17(16)19)22(28)15-7-5-13(3)6-8-15/h6-9,11,13,27H,4-5,10,12H2,1-3H3,(H,25,28);5-9,11-12,26H,10H2,1-4H3,(H,24,27). The Hall–Kier alpha value is -6.30. The molecular weight excluding hydrogens is 731 g/mol. The van der Waals surface area contributed by atoms with E-state index in [0.29, 0.717) is 62.0 Å². The molecule has 0 saturated carbocycles. The smallest absolute Gasteiger partial charge is 0.262 e. The maximum absolute atomic E-state index is 14.1. The lowest BCUT2D eigenvalue weighted by Gasteiger charge is -2.09. The highest BCUT2D eigenvalue weighted by molar-refractivity contribution is 6.06. The summed E-state index contributed by atoms with van der Waals surface area (Å²) in [6, 6.07) is 19.0. The van der Waals surface area contributed by atoms with Gasteiger partial charge in [-0.15, -0.1) is 0 Å². The van der Waals surface area contributed by atoms with Gasteiger partial charge in [0.05, 0.1) is 23.9 Å². The first-order valence-corrected chi connectivity index (χ1v) is 18.9. The van der Waals surface area contributed by atoms with Gasteiger partial charge in [-0.25, -0.2) is 8.78 Å². The maximum Gasteiger partial charge on any atom is 0.262 e. The van der Waals surface area contributed by atoms with E-state index in [-0.39, 0.29) is 42.5 Å². The van der Waals surface area contributed by atoms with Gasteiger partial charge in [-0.3, -0.25) is 28.3 Å². The number of rotatable bonds is 10. The summed E-state index contributed by atoms with van der Waals surface area (Å²) in [6.45, 7) is 13.6. The summed E-state index contributed by atoms with van der Waals surface area (Å²) in [5, 5.41) is 26.4. The molecule has 12 heteroatoms. The summed E-state index contributed by atoms with van der Waals surface area (Å²) in [5.74, 6) is -3.66. The molecule has 0 spiro atoms. The van der Waals surface area contributed by atoms with Crippen LogP contribution in [0.4, 0.5) is 8.78 Å². The fourth-order valence-electron chi connectivity index (χ4n) is 6.76. The Bertz CT molecular complexity index is 2480. The van der Waals surface area contributed by atoms with Crippen molar-refractivity contribution in [2.24, 2.45) is 0 Å². The SMILES string of the molecule is CCCCNC(=O)Cc1c(C)n(C(=O)c2ccc(C)cc2)c2cc(F)c(O)cc12.Cc1ccc(C(=O)n2c(C)c(CC(=O)NC(C)C)c3cc(O)c(F)cc32)cc1. The lowest BCUT2D eigenvalue weighted by molar-refractivity contribution is -0.121. The van der Waals surface area contributed by atoms with Crippen molar-refractivity contribution in [3.63, 3.8) is 0 Å². The number of benzene rings is 4. The molecule has 0 radical (unpaired) electrons. The van der Waals surface area contributed by atoms with E-state index in [1.807, 2.05) is 58.9 Å². The van der Waals surface area contributed by atoms with Crippen molar-refractivity contribution in [3.05, 3.63) is 129 Å². The van der Waals surface area contributed by atoms with Crippen molar-refractivity contribution in [1.82, 2.24) is 19.8 Å². The van der Waals surface area contributed by atoms with Crippen LogP contribution < -0.4 is 10.6 Å². The molecule has 0 saturated heterocycles. The Labute approximate surface area is 330 Å². The van der Waals surface area contributed by atoms with Crippen LogP contribution in [-0.4, -0.2) is 55.6 Å². The molecule has 298 valence electrons. The highest BCUT2D eigenvalue weighted by atomic mass is 19.1. The molecule has 0 aliphatic heterocycles. The summed E-state index contributed by atoms with van der Waals surface area (Å²) >= 11 is 0. The largest absolute Gasteiger partial charge is 0.505 e. The van der Waals surface area contributed by atoms with Crippen LogP contribution in [0.3, 0.4) is 0 Å². The predicted molar refractivity (Wildman–Crippen MR) is 217 cm³/mol. The van der Waals surface area contributed by atoms with Crippen LogP contribution in [-0.2, 0) is 22.4 Å². The Morgan fingerprint density at radius 3 is 1.44 bits per heavy atom. The van der Waals surface area contributed by atoms with Gasteiger partial charge < -0.3 is 20.8 Å². The molecular formula is C45H48F2N4O6. The lowest BCUT2D eigenvalue weighted by Crippen LogP contribution is -2.31. The van der Waals surface area contributed by atoms with Gasteiger partial charge in [0.25, 0.3) is 11.8 Å². The minimum atomic E-state index is -0.818. The number of phenols is 2. The molecule has 0 aliphatic carbocycles. The molecule has 4 N–H and O–H groups in total. The van der Waals surface area contributed by atoms with Crippen LogP contribution in [0, 0.1) is 39.3 Å². The van der Waals surface area contributed by atoms with E-state index in [0.717, 1.165) is 36.1 Å². The number of unbranched alkanes of at least 4 members (excludes halogenated alkanes) is 1. The van der Waals surface area contributed by atoms with Crippen LogP contribution in [0.1, 0.15) is 88.0 Å². The molecule has 0 bridgehead atoms. The second-order valence-corrected chi connectivity index (χ2v) is 14.6. The van der Waals surface area contributed by atoms with E-state index in [9.17, 15) is 38.2 Å². The highest BCUT2D eigenvalue weighted by Gasteiger charge is 2.25. The summed E-state index contributed by atoms with van der Waals surface area (Å²) in [7, 11) is 0. The van der Waals surface area contributed by atoms with Gasteiger partial charge in [0.15, 0.2) is 23.1 Å². The van der Waals surface area contributed by atoms with E-state index in [4.69, 9.17) is 0 Å². The Kier molecular flexibility index (Phi) is 13.0. The summed E-state index contributed by atoms with van der Waals surface area (Å²) in [4.78, 5) is 51.0. The number of fused-ring (bicyclic) bond motifs is 2. The number of hydrogen-bond donors (Lipinski definition) is 4. The number of amides is 2. The molecule has 0 aliphatic rings. The normalized spacial score (nSPS) is 11.1. The van der Waals surface area contributed by atoms with Crippen molar-refractivity contribution in [3.8, 4) is 11.5 Å². The Morgan fingerprint density at radius 2 is 1.05 bits per heavy atom. The minimum absolute atomic E-state index is 0.0267. The van der Waals surface area contributed by atoms with Crippen molar-refractivity contribution < 1.29 is 38.2 Å². The molecule has 2 amide bonds. The number of aromatic nitrogens is 2. The van der Waals surface area contributed by atoms with Crippen molar-refractivity contribution in [2.45, 2.75) is 80.2 Å². The van der Waals surface area contributed by atoms with E-state index in [1.165, 1.54) is 21.3 Å².